The Morgan fingerprint density at radius 2 is 1.82 bits per heavy atom. The Bertz CT molecular complexity index is 102. The minimum Gasteiger partial charge on any atom is -0.300 e. The highest BCUT2D eigenvalue weighted by Crippen LogP contribution is 2.05. The fourth-order valence-corrected chi connectivity index (χ4v) is 1.46. The van der Waals surface area contributed by atoms with Crippen molar-refractivity contribution in [1.82, 2.24) is 0 Å². The van der Waals surface area contributed by atoms with Gasteiger partial charge in [0, 0.05) is 16.7 Å². The van der Waals surface area contributed by atoms with E-state index in [0.717, 1.165) is 29.1 Å². The van der Waals surface area contributed by atoms with Crippen LogP contribution in [0.15, 0.2) is 0 Å². The molecule has 1 nitrogen and oxygen atoms in total. The number of hydrogen-bond donors (Lipinski definition) is 0. The Morgan fingerprint density at radius 3 is 2.36 bits per heavy atom. The molecule has 0 aliphatic heterocycles. The van der Waals surface area contributed by atoms with Crippen molar-refractivity contribution in [1.29, 1.82) is 0 Å². The number of rotatable bonds is 7. The molecule has 0 heterocycles. The Labute approximate surface area is 73.0 Å². The van der Waals surface area contributed by atoms with Gasteiger partial charge in [-0.3, -0.25) is 0 Å². The van der Waals surface area contributed by atoms with Crippen molar-refractivity contribution in [3.8, 4) is 0 Å². The molecule has 0 aliphatic rings. The lowest BCUT2D eigenvalue weighted by molar-refractivity contribution is -0.117. The second kappa shape index (κ2) is 7.99. The van der Waals surface area contributed by atoms with Crippen molar-refractivity contribution in [3.63, 3.8) is 0 Å². The van der Waals surface area contributed by atoms with Gasteiger partial charge in [0.2, 0.25) is 0 Å². The van der Waals surface area contributed by atoms with E-state index in [0.29, 0.717) is 5.78 Å². The zero-order chi connectivity index (χ0) is 8.53. The molecule has 0 aromatic rings. The summed E-state index contributed by atoms with van der Waals surface area (Å²) in [7, 11) is 1.04. The molecule has 0 radical (unpaired) electrons. The van der Waals surface area contributed by atoms with Gasteiger partial charge in [-0.2, -0.15) is 0 Å². The van der Waals surface area contributed by atoms with Crippen LogP contribution in [0.2, 0.25) is 6.04 Å². The number of hydrogen-bond acceptors (Lipinski definition) is 1. The standard InChI is InChI=1S/C9H20OSi/c1-2-3-4-5-6-7-9(10)8-11/h2-8H2,1,11H3. The maximum absolute atomic E-state index is 10.9. The van der Waals surface area contributed by atoms with E-state index < -0.39 is 0 Å². The van der Waals surface area contributed by atoms with Gasteiger partial charge in [0.05, 0.1) is 0 Å². The fourth-order valence-electron chi connectivity index (χ4n) is 1.10. The number of Topliss-reactive ketones (excluding diaryl/α,β-unsaturated/α-hetero) is 1. The highest BCUT2D eigenvalue weighted by molar-refractivity contribution is 6.20. The third-order valence-corrected chi connectivity index (χ3v) is 2.74. The summed E-state index contributed by atoms with van der Waals surface area (Å²) in [6.45, 7) is 2.21. The molecule has 0 rings (SSSR count). The monoisotopic (exact) mass is 172 g/mol. The van der Waals surface area contributed by atoms with E-state index in [1.165, 1.54) is 25.7 Å². The average molecular weight is 172 g/mol. The molecule has 66 valence electrons. The predicted molar refractivity (Wildman–Crippen MR) is 53.1 cm³/mol. The van der Waals surface area contributed by atoms with E-state index in [9.17, 15) is 4.79 Å². The predicted octanol–water partition coefficient (Wildman–Crippen LogP) is 1.70. The normalized spacial score (nSPS) is 10.3. The van der Waals surface area contributed by atoms with Gasteiger partial charge in [-0.15, -0.1) is 0 Å². The molecule has 0 unspecified atom stereocenters. The number of carbonyl (C=O) groups is 1. The van der Waals surface area contributed by atoms with Gasteiger partial charge in [0.15, 0.2) is 0 Å². The SMILES string of the molecule is CCCCCCCC(=O)C[SiH3]. The highest BCUT2D eigenvalue weighted by Gasteiger charge is 1.96. The van der Waals surface area contributed by atoms with Gasteiger partial charge in [-0.25, -0.2) is 0 Å². The van der Waals surface area contributed by atoms with E-state index >= 15 is 0 Å². The van der Waals surface area contributed by atoms with Gasteiger partial charge < -0.3 is 4.79 Å². The molecular formula is C9H20OSi. The quantitative estimate of drug-likeness (QED) is 0.422. The van der Waals surface area contributed by atoms with Crippen LogP contribution in [0, 0.1) is 0 Å². The first-order valence-corrected chi connectivity index (χ1v) is 6.24. The van der Waals surface area contributed by atoms with E-state index in [4.69, 9.17) is 0 Å². The Kier molecular flexibility index (Phi) is 7.91. The van der Waals surface area contributed by atoms with Gasteiger partial charge in [0.25, 0.3) is 0 Å². The summed E-state index contributed by atoms with van der Waals surface area (Å²) in [5.41, 5.74) is 0. The maximum atomic E-state index is 10.9. The van der Waals surface area contributed by atoms with Crippen LogP contribution in [0.25, 0.3) is 0 Å². The van der Waals surface area contributed by atoms with Gasteiger partial charge >= 0.3 is 0 Å². The maximum Gasteiger partial charge on any atom is 0.129 e. The summed E-state index contributed by atoms with van der Waals surface area (Å²) in [5.74, 6) is 0.480. The number of carbonyl (C=O) groups excluding carboxylic acids is 1. The molecule has 0 N–H and O–H groups in total. The third-order valence-electron chi connectivity index (χ3n) is 1.95. The lowest BCUT2D eigenvalue weighted by Gasteiger charge is -1.97. The molecule has 0 aromatic heterocycles. The first-order valence-electron chi connectivity index (χ1n) is 4.83. The number of unbranched alkanes of at least 4 members (excludes halogenated alkanes) is 4. The lowest BCUT2D eigenvalue weighted by Crippen LogP contribution is -1.95. The van der Waals surface area contributed by atoms with Gasteiger partial charge in [-0.1, -0.05) is 32.6 Å². The minimum absolute atomic E-state index is 0.480. The Balaban J connectivity index is 2.95. The van der Waals surface area contributed by atoms with E-state index in [2.05, 4.69) is 6.92 Å². The minimum atomic E-state index is 0.480. The molecule has 0 spiro atoms. The molecule has 11 heavy (non-hydrogen) atoms. The van der Waals surface area contributed by atoms with Crippen molar-refractivity contribution in [2.24, 2.45) is 0 Å². The van der Waals surface area contributed by atoms with Crippen LogP contribution in [-0.4, -0.2) is 16.0 Å². The first-order chi connectivity index (χ1) is 5.31. The van der Waals surface area contributed by atoms with Gasteiger partial charge in [-0.05, 0) is 12.5 Å². The van der Waals surface area contributed by atoms with Gasteiger partial charge in [0.1, 0.15) is 5.78 Å². The van der Waals surface area contributed by atoms with E-state index in [-0.39, 0.29) is 0 Å². The van der Waals surface area contributed by atoms with Crippen LogP contribution in [0.4, 0.5) is 0 Å². The van der Waals surface area contributed by atoms with Crippen LogP contribution in [0.5, 0.6) is 0 Å². The highest BCUT2D eigenvalue weighted by atomic mass is 28.1. The van der Waals surface area contributed by atoms with Crippen molar-refractivity contribution < 1.29 is 4.79 Å². The van der Waals surface area contributed by atoms with Crippen molar-refractivity contribution in [2.75, 3.05) is 0 Å². The lowest BCUT2D eigenvalue weighted by atomic mass is 10.1. The fraction of sp³-hybridized carbons (Fsp3) is 0.889. The van der Waals surface area contributed by atoms with Crippen LogP contribution in [0.1, 0.15) is 45.4 Å². The summed E-state index contributed by atoms with van der Waals surface area (Å²) in [4.78, 5) is 10.9. The largest absolute Gasteiger partial charge is 0.300 e. The molecule has 0 atom stereocenters. The van der Waals surface area contributed by atoms with Crippen LogP contribution < -0.4 is 0 Å². The van der Waals surface area contributed by atoms with Crippen LogP contribution in [-0.2, 0) is 4.79 Å². The zero-order valence-corrected chi connectivity index (χ0v) is 9.86. The molecule has 0 aromatic carbocycles. The van der Waals surface area contributed by atoms with E-state index in [1.54, 1.807) is 0 Å². The first kappa shape index (κ1) is 10.9. The summed E-state index contributed by atoms with van der Waals surface area (Å²) < 4.78 is 0. The Morgan fingerprint density at radius 1 is 1.18 bits per heavy atom. The second-order valence-corrected chi connectivity index (χ2v) is 3.76. The molecule has 0 aliphatic carbocycles. The van der Waals surface area contributed by atoms with E-state index in [1.807, 2.05) is 0 Å². The van der Waals surface area contributed by atoms with Crippen LogP contribution in [0.3, 0.4) is 0 Å². The summed E-state index contributed by atoms with van der Waals surface area (Å²) in [6.07, 6.45) is 7.14. The third kappa shape index (κ3) is 7.79. The Hall–Kier alpha value is -0.113. The summed E-state index contributed by atoms with van der Waals surface area (Å²) in [6, 6.07) is 0.855. The second-order valence-electron chi connectivity index (χ2n) is 3.06. The molecule has 0 bridgehead atoms. The van der Waals surface area contributed by atoms with Crippen molar-refractivity contribution in [3.05, 3.63) is 0 Å². The summed E-state index contributed by atoms with van der Waals surface area (Å²) >= 11 is 0. The smallest absolute Gasteiger partial charge is 0.129 e. The van der Waals surface area contributed by atoms with Crippen LogP contribution >= 0.6 is 0 Å². The molecule has 0 saturated heterocycles. The summed E-state index contributed by atoms with van der Waals surface area (Å²) in [5, 5.41) is 0. The molecular weight excluding hydrogens is 152 g/mol. The molecule has 0 fully saturated rings. The molecule has 2 heteroatoms. The van der Waals surface area contributed by atoms with Crippen molar-refractivity contribution in [2.45, 2.75) is 51.5 Å². The average Bonchev–Trinajstić information content (AvgIpc) is 2.04. The molecule has 0 amide bonds. The van der Waals surface area contributed by atoms with Crippen molar-refractivity contribution >= 4 is 16.0 Å². The molecule has 0 saturated carbocycles. The zero-order valence-electron chi connectivity index (χ0n) is 7.86. The number of ketones is 1. The topological polar surface area (TPSA) is 17.1 Å².